The normalized spacial score (nSPS) is 16.9. The van der Waals surface area contributed by atoms with E-state index < -0.39 is 30.0 Å². The maximum absolute atomic E-state index is 13.5. The van der Waals surface area contributed by atoms with Gasteiger partial charge in [0.2, 0.25) is 0 Å². The monoisotopic (exact) mass is 605 g/mol. The lowest BCUT2D eigenvalue weighted by molar-refractivity contribution is -0.137. The molecule has 8 heteroatoms. The smallest absolute Gasteiger partial charge is 0.416 e. The second kappa shape index (κ2) is 11.5. The number of amides is 1. The molecule has 1 aliphatic rings. The fourth-order valence-corrected chi connectivity index (χ4v) is 5.94. The lowest BCUT2D eigenvalue weighted by atomic mass is 9.89. The minimum Gasteiger partial charge on any atom is -0.439 e. The molecule has 5 rings (SSSR count). The fraction of sp³-hybridized carbons (Fsp3) is 0.257. The molecule has 43 heavy (non-hydrogen) atoms. The standard InChI is InChI=1S/C35H31ClF3NO3/c1-19-6-9-29(30-17-26(8-11-32(30)36)28-10-7-25(23(5)41)15-21(28)3)31(14-19)33-22(4)40(34(42)43-33)18-24-12-20(2)13-27(16-24)35(37,38)39/h6-17,22,33H,18H2,1-5H3/t22-,33?/m1/s1. The number of carbonyl (C=O) groups excluding carboxylic acids is 2. The lowest BCUT2D eigenvalue weighted by Crippen LogP contribution is -2.31. The van der Waals surface area contributed by atoms with Crippen molar-refractivity contribution in [2.24, 2.45) is 0 Å². The van der Waals surface area contributed by atoms with Crippen LogP contribution in [0.5, 0.6) is 0 Å². The van der Waals surface area contributed by atoms with Crippen molar-refractivity contribution in [1.29, 1.82) is 0 Å². The SMILES string of the molecule is CC(=O)c1ccc(-c2ccc(Cl)c(-c3ccc(C)cc3C3OC(=O)N(Cc4cc(C)cc(C(F)(F)F)c4)[C@@H]3C)c2)c(C)c1. The van der Waals surface area contributed by atoms with Crippen LogP contribution < -0.4 is 0 Å². The lowest BCUT2D eigenvalue weighted by Gasteiger charge is -2.24. The summed E-state index contributed by atoms with van der Waals surface area (Å²) in [4.78, 5) is 26.4. The van der Waals surface area contributed by atoms with Gasteiger partial charge in [-0.3, -0.25) is 9.69 Å². The molecule has 4 aromatic rings. The summed E-state index contributed by atoms with van der Waals surface area (Å²) < 4.78 is 46.2. The molecule has 4 aromatic carbocycles. The molecule has 1 unspecified atom stereocenters. The number of carbonyl (C=O) groups is 2. The van der Waals surface area contributed by atoms with E-state index in [1.165, 1.54) is 11.8 Å². The summed E-state index contributed by atoms with van der Waals surface area (Å²) in [6.07, 6.45) is -5.76. The number of Topliss-reactive ketones (excluding diaryl/α,β-unsaturated/α-hetero) is 1. The third kappa shape index (κ3) is 6.18. The molecule has 0 aliphatic carbocycles. The molecule has 0 radical (unpaired) electrons. The maximum atomic E-state index is 13.5. The number of aryl methyl sites for hydroxylation is 3. The topological polar surface area (TPSA) is 46.6 Å². The summed E-state index contributed by atoms with van der Waals surface area (Å²) in [5.41, 5.74) is 6.80. The summed E-state index contributed by atoms with van der Waals surface area (Å²) in [6, 6.07) is 20.5. The van der Waals surface area contributed by atoms with Crippen LogP contribution in [-0.2, 0) is 17.5 Å². The van der Waals surface area contributed by atoms with Gasteiger partial charge in [-0.15, -0.1) is 0 Å². The molecule has 1 amide bonds. The molecule has 4 nitrogen and oxygen atoms in total. The summed E-state index contributed by atoms with van der Waals surface area (Å²) in [6.45, 7) is 8.84. The van der Waals surface area contributed by atoms with Crippen LogP contribution in [0.2, 0.25) is 5.02 Å². The van der Waals surface area contributed by atoms with Crippen LogP contribution in [0.1, 0.15) is 63.7 Å². The molecule has 0 spiro atoms. The average Bonchev–Trinajstić information content (AvgIpc) is 3.21. The quantitative estimate of drug-likeness (QED) is 0.205. The van der Waals surface area contributed by atoms with Gasteiger partial charge in [0, 0.05) is 28.3 Å². The zero-order valence-electron chi connectivity index (χ0n) is 24.5. The molecule has 1 saturated heterocycles. The van der Waals surface area contributed by atoms with Gasteiger partial charge in [-0.2, -0.15) is 13.2 Å². The van der Waals surface area contributed by atoms with Crippen molar-refractivity contribution >= 4 is 23.5 Å². The summed E-state index contributed by atoms with van der Waals surface area (Å²) >= 11 is 6.76. The van der Waals surface area contributed by atoms with E-state index in [-0.39, 0.29) is 12.3 Å². The van der Waals surface area contributed by atoms with E-state index in [1.807, 2.05) is 69.3 Å². The van der Waals surface area contributed by atoms with Gasteiger partial charge in [-0.05, 0) is 92.8 Å². The van der Waals surface area contributed by atoms with Crippen molar-refractivity contribution in [2.45, 2.75) is 59.5 Å². The molecule has 0 saturated carbocycles. The molecule has 2 atom stereocenters. The van der Waals surface area contributed by atoms with Gasteiger partial charge in [0.05, 0.1) is 11.6 Å². The van der Waals surface area contributed by atoms with Gasteiger partial charge in [0.1, 0.15) is 6.10 Å². The van der Waals surface area contributed by atoms with Crippen LogP contribution in [-0.4, -0.2) is 22.8 Å². The van der Waals surface area contributed by atoms with Gasteiger partial charge in [0.15, 0.2) is 5.78 Å². The van der Waals surface area contributed by atoms with E-state index in [1.54, 1.807) is 19.1 Å². The Balaban J connectivity index is 1.51. The van der Waals surface area contributed by atoms with Crippen LogP contribution in [0.4, 0.5) is 18.0 Å². The highest BCUT2D eigenvalue weighted by Gasteiger charge is 2.41. The van der Waals surface area contributed by atoms with Crippen LogP contribution in [0.15, 0.2) is 72.8 Å². The van der Waals surface area contributed by atoms with Gasteiger partial charge < -0.3 is 4.74 Å². The summed E-state index contributed by atoms with van der Waals surface area (Å²) in [7, 11) is 0. The maximum Gasteiger partial charge on any atom is 0.416 e. The number of cyclic esters (lactones) is 1. The fourth-order valence-electron chi connectivity index (χ4n) is 5.72. The number of ketones is 1. The first-order chi connectivity index (χ1) is 20.2. The van der Waals surface area contributed by atoms with Gasteiger partial charge >= 0.3 is 12.3 Å². The predicted molar refractivity (Wildman–Crippen MR) is 162 cm³/mol. The first kappa shape index (κ1) is 30.4. The molecule has 0 N–H and O–H groups in total. The Bertz CT molecular complexity index is 1750. The van der Waals surface area contributed by atoms with Crippen molar-refractivity contribution in [3.63, 3.8) is 0 Å². The number of alkyl halides is 3. The first-order valence-corrected chi connectivity index (χ1v) is 14.3. The van der Waals surface area contributed by atoms with Crippen LogP contribution in [0.25, 0.3) is 22.3 Å². The highest BCUT2D eigenvalue weighted by atomic mass is 35.5. The molecule has 1 aliphatic heterocycles. The largest absolute Gasteiger partial charge is 0.439 e. The number of hydrogen-bond acceptors (Lipinski definition) is 3. The second-order valence-electron chi connectivity index (χ2n) is 11.2. The third-order valence-corrected chi connectivity index (χ3v) is 8.25. The van der Waals surface area contributed by atoms with Crippen molar-refractivity contribution < 1.29 is 27.5 Å². The highest BCUT2D eigenvalue weighted by Crippen LogP contribution is 2.42. The number of ether oxygens (including phenoxy) is 1. The minimum atomic E-state index is -4.49. The van der Waals surface area contributed by atoms with E-state index in [2.05, 4.69) is 0 Å². The number of halogens is 4. The van der Waals surface area contributed by atoms with Crippen molar-refractivity contribution in [2.75, 3.05) is 0 Å². The van der Waals surface area contributed by atoms with Crippen LogP contribution in [0.3, 0.4) is 0 Å². The van der Waals surface area contributed by atoms with Crippen molar-refractivity contribution in [3.8, 4) is 22.3 Å². The number of nitrogens with zero attached hydrogens (tertiary/aromatic N) is 1. The Hall–Kier alpha value is -4.10. The van der Waals surface area contributed by atoms with E-state index in [9.17, 15) is 22.8 Å². The second-order valence-corrected chi connectivity index (χ2v) is 11.7. The number of hydrogen-bond donors (Lipinski definition) is 0. The van der Waals surface area contributed by atoms with Gasteiger partial charge in [0.25, 0.3) is 0 Å². The van der Waals surface area contributed by atoms with Crippen LogP contribution in [0, 0.1) is 20.8 Å². The van der Waals surface area contributed by atoms with E-state index in [4.69, 9.17) is 16.3 Å². The molecular formula is C35H31ClF3NO3. The Morgan fingerprint density at radius 3 is 2.28 bits per heavy atom. The van der Waals surface area contributed by atoms with Gasteiger partial charge in [-0.1, -0.05) is 65.2 Å². The molecule has 1 fully saturated rings. The minimum absolute atomic E-state index is 0.00629. The Morgan fingerprint density at radius 1 is 0.884 bits per heavy atom. The van der Waals surface area contributed by atoms with E-state index >= 15 is 0 Å². The van der Waals surface area contributed by atoms with E-state index in [0.29, 0.717) is 21.7 Å². The van der Waals surface area contributed by atoms with Gasteiger partial charge in [-0.25, -0.2) is 4.79 Å². The predicted octanol–water partition coefficient (Wildman–Crippen LogP) is 9.90. The molecular weight excluding hydrogens is 575 g/mol. The molecule has 222 valence electrons. The first-order valence-electron chi connectivity index (χ1n) is 13.9. The molecule has 0 bridgehead atoms. The van der Waals surface area contributed by atoms with Crippen LogP contribution >= 0.6 is 11.6 Å². The number of rotatable bonds is 6. The van der Waals surface area contributed by atoms with E-state index in [0.717, 1.165) is 51.1 Å². The number of benzene rings is 4. The zero-order valence-corrected chi connectivity index (χ0v) is 25.2. The third-order valence-electron chi connectivity index (χ3n) is 7.92. The summed E-state index contributed by atoms with van der Waals surface area (Å²) in [5, 5.41) is 0.514. The average molecular weight is 606 g/mol. The van der Waals surface area contributed by atoms with Crippen molar-refractivity contribution in [1.82, 2.24) is 4.90 Å². The summed E-state index contributed by atoms with van der Waals surface area (Å²) in [5.74, 6) is -0.00629. The molecule has 1 heterocycles. The zero-order chi connectivity index (χ0) is 31.2. The Labute approximate surface area is 254 Å². The highest BCUT2D eigenvalue weighted by molar-refractivity contribution is 6.33. The Morgan fingerprint density at radius 2 is 1.60 bits per heavy atom. The Kier molecular flexibility index (Phi) is 8.14. The van der Waals surface area contributed by atoms with Crippen molar-refractivity contribution in [3.05, 3.63) is 117 Å². The molecule has 0 aromatic heterocycles.